The van der Waals surface area contributed by atoms with Crippen molar-refractivity contribution in [2.45, 2.75) is 18.8 Å². The van der Waals surface area contributed by atoms with Gasteiger partial charge in [0.05, 0.1) is 36.5 Å². The molecular weight excluding hydrogens is 513 g/mol. The van der Waals surface area contributed by atoms with Gasteiger partial charge in [0, 0.05) is 19.2 Å². The van der Waals surface area contributed by atoms with Gasteiger partial charge in [-0.05, 0) is 53.6 Å². The van der Waals surface area contributed by atoms with Crippen LogP contribution in [0.15, 0.2) is 72.3 Å². The summed E-state index contributed by atoms with van der Waals surface area (Å²) in [5, 5.41) is 11.4. The number of ether oxygens (including phenoxy) is 2. The molecule has 0 aliphatic carbocycles. The first-order chi connectivity index (χ1) is 18.6. The first-order valence-electron chi connectivity index (χ1n) is 12.2. The summed E-state index contributed by atoms with van der Waals surface area (Å²) >= 11 is 0. The zero-order valence-corrected chi connectivity index (χ0v) is 21.2. The van der Waals surface area contributed by atoms with Gasteiger partial charge in [0.1, 0.15) is 23.9 Å². The summed E-state index contributed by atoms with van der Waals surface area (Å²) < 4.78 is 50.9. The molecule has 0 bridgehead atoms. The summed E-state index contributed by atoms with van der Waals surface area (Å²) in [5.41, 5.74) is 0.681. The van der Waals surface area contributed by atoms with E-state index in [2.05, 4.69) is 0 Å². The van der Waals surface area contributed by atoms with Gasteiger partial charge in [-0.15, -0.1) is 0 Å². The molecule has 2 heterocycles. The molecule has 0 radical (unpaired) electrons. The topological polar surface area (TPSA) is 79.3 Å². The molecule has 3 aromatic carbocycles. The molecule has 39 heavy (non-hydrogen) atoms. The molecule has 0 spiro atoms. The lowest BCUT2D eigenvalue weighted by molar-refractivity contribution is -0.140. The monoisotopic (exact) mass is 538 g/mol. The lowest BCUT2D eigenvalue weighted by Gasteiger charge is -2.28. The quantitative estimate of drug-likeness (QED) is 0.275. The summed E-state index contributed by atoms with van der Waals surface area (Å²) in [4.78, 5) is 29.8. The van der Waals surface area contributed by atoms with Crippen molar-refractivity contribution in [3.05, 3.63) is 94.6 Å². The maximum Gasteiger partial charge on any atom is 0.416 e. The molecule has 5 rings (SSSR count). The van der Waals surface area contributed by atoms with Crippen LogP contribution in [0.4, 0.5) is 18.9 Å². The van der Waals surface area contributed by atoms with E-state index in [1.54, 1.807) is 42.5 Å². The van der Waals surface area contributed by atoms with Gasteiger partial charge in [-0.3, -0.25) is 9.59 Å². The maximum absolute atomic E-state index is 13.4. The highest BCUT2D eigenvalue weighted by Crippen LogP contribution is 2.42. The number of amides is 1. The lowest BCUT2D eigenvalue weighted by Crippen LogP contribution is -2.29. The predicted octanol–water partition coefficient (Wildman–Crippen LogP) is 5.16. The Morgan fingerprint density at radius 3 is 2.51 bits per heavy atom. The first kappa shape index (κ1) is 26.1. The number of hydrogen-bond acceptors (Lipinski definition) is 6. The zero-order valence-electron chi connectivity index (χ0n) is 21.2. The van der Waals surface area contributed by atoms with Crippen LogP contribution in [0.3, 0.4) is 0 Å². The van der Waals surface area contributed by atoms with Gasteiger partial charge in [0.2, 0.25) is 0 Å². The number of aliphatic hydroxyl groups is 1. The second kappa shape index (κ2) is 10.0. The number of aliphatic hydroxyl groups excluding tert-OH is 1. The van der Waals surface area contributed by atoms with Crippen molar-refractivity contribution in [2.24, 2.45) is 0 Å². The van der Waals surface area contributed by atoms with E-state index < -0.39 is 29.5 Å². The van der Waals surface area contributed by atoms with Crippen molar-refractivity contribution in [1.29, 1.82) is 0 Å². The number of Topliss-reactive ketones (excluding diaryl/α,β-unsaturated/α-hetero) is 1. The highest BCUT2D eigenvalue weighted by atomic mass is 19.4. The normalized spacial score (nSPS) is 18.6. The summed E-state index contributed by atoms with van der Waals surface area (Å²) in [6.07, 6.45) is -4.57. The molecule has 1 atom stereocenters. The van der Waals surface area contributed by atoms with Crippen LogP contribution in [-0.2, 0) is 22.3 Å². The van der Waals surface area contributed by atoms with E-state index in [0.717, 1.165) is 12.1 Å². The Labute approximate surface area is 222 Å². The number of methoxy groups -OCH3 is 1. The van der Waals surface area contributed by atoms with Gasteiger partial charge < -0.3 is 24.4 Å². The third kappa shape index (κ3) is 4.89. The molecular formula is C29H25F3N2O5. The van der Waals surface area contributed by atoms with E-state index in [-0.39, 0.29) is 23.4 Å². The van der Waals surface area contributed by atoms with E-state index in [0.29, 0.717) is 41.5 Å². The number of halogens is 3. The zero-order chi connectivity index (χ0) is 27.9. The van der Waals surface area contributed by atoms with Crippen LogP contribution in [0, 0.1) is 0 Å². The van der Waals surface area contributed by atoms with Crippen LogP contribution >= 0.6 is 0 Å². The summed E-state index contributed by atoms with van der Waals surface area (Å²) in [6, 6.07) is 15.1. The number of carbonyl (C=O) groups is 2. The fraction of sp³-hybridized carbons (Fsp3) is 0.241. The van der Waals surface area contributed by atoms with Crippen molar-refractivity contribution in [2.75, 3.05) is 32.2 Å². The van der Waals surface area contributed by atoms with Crippen LogP contribution in [0.1, 0.15) is 28.3 Å². The van der Waals surface area contributed by atoms with Crippen LogP contribution in [-0.4, -0.2) is 49.0 Å². The van der Waals surface area contributed by atoms with Gasteiger partial charge in [0.25, 0.3) is 11.7 Å². The Morgan fingerprint density at radius 2 is 1.82 bits per heavy atom. The van der Waals surface area contributed by atoms with E-state index >= 15 is 0 Å². The Morgan fingerprint density at radius 1 is 1.08 bits per heavy atom. The Kier molecular flexibility index (Phi) is 6.71. The Balaban J connectivity index is 1.62. The van der Waals surface area contributed by atoms with E-state index in [1.807, 2.05) is 11.9 Å². The molecule has 1 unspecified atom stereocenters. The summed E-state index contributed by atoms with van der Waals surface area (Å²) in [5.74, 6) is -1.08. The smallest absolute Gasteiger partial charge is 0.416 e. The molecule has 0 aromatic heterocycles. The van der Waals surface area contributed by atoms with Crippen LogP contribution in [0.25, 0.3) is 5.76 Å². The van der Waals surface area contributed by atoms with Gasteiger partial charge >= 0.3 is 6.18 Å². The average Bonchev–Trinajstić information content (AvgIpc) is 3.17. The van der Waals surface area contributed by atoms with Crippen molar-refractivity contribution < 1.29 is 37.3 Å². The molecule has 202 valence electrons. The number of nitrogens with zero attached hydrogens (tertiary/aromatic N) is 2. The highest BCUT2D eigenvalue weighted by Gasteiger charge is 2.46. The fourth-order valence-corrected chi connectivity index (χ4v) is 4.87. The minimum atomic E-state index is -4.57. The number of alkyl halides is 3. The second-order valence-electron chi connectivity index (χ2n) is 9.35. The lowest BCUT2D eigenvalue weighted by atomic mass is 9.94. The number of benzene rings is 3. The number of anilines is 1. The number of likely N-dealkylation sites (N-methyl/N-ethyl adjacent to an activating group) is 1. The minimum Gasteiger partial charge on any atom is -0.507 e. The number of carbonyl (C=O) groups excluding carboxylic acids is 2. The Hall–Kier alpha value is -4.47. The van der Waals surface area contributed by atoms with E-state index in [1.165, 1.54) is 24.1 Å². The first-order valence-corrected chi connectivity index (χ1v) is 12.2. The average molecular weight is 539 g/mol. The summed E-state index contributed by atoms with van der Waals surface area (Å²) in [6.45, 7) is 0.861. The highest BCUT2D eigenvalue weighted by molar-refractivity contribution is 6.46. The van der Waals surface area contributed by atoms with Gasteiger partial charge in [-0.2, -0.15) is 13.2 Å². The van der Waals surface area contributed by atoms with Gasteiger partial charge in [0.15, 0.2) is 0 Å². The number of rotatable bonds is 5. The molecule has 7 nitrogen and oxygen atoms in total. The van der Waals surface area contributed by atoms with E-state index in [4.69, 9.17) is 9.47 Å². The largest absolute Gasteiger partial charge is 0.507 e. The number of fused-ring (bicyclic) bond motifs is 1. The third-order valence-corrected chi connectivity index (χ3v) is 6.91. The van der Waals surface area contributed by atoms with Gasteiger partial charge in [-0.1, -0.05) is 24.3 Å². The molecule has 10 heteroatoms. The molecule has 1 saturated heterocycles. The molecule has 1 fully saturated rings. The molecule has 1 amide bonds. The SMILES string of the molecule is COc1ccc(C2/C(=C(/O)c3ccc4c(c3)N(C)CCO4)C(=O)C(=O)N2Cc2cccc(C(F)(F)F)c2)cc1. The maximum atomic E-state index is 13.4. The third-order valence-electron chi connectivity index (χ3n) is 6.91. The fourth-order valence-electron chi connectivity index (χ4n) is 4.87. The predicted molar refractivity (Wildman–Crippen MR) is 137 cm³/mol. The van der Waals surface area contributed by atoms with Crippen molar-refractivity contribution in [3.63, 3.8) is 0 Å². The molecule has 2 aliphatic heterocycles. The van der Waals surface area contributed by atoms with Crippen molar-refractivity contribution in [1.82, 2.24) is 4.90 Å². The molecule has 2 aliphatic rings. The van der Waals surface area contributed by atoms with Crippen LogP contribution in [0.2, 0.25) is 0 Å². The van der Waals surface area contributed by atoms with E-state index in [9.17, 15) is 27.9 Å². The van der Waals surface area contributed by atoms with Crippen molar-refractivity contribution >= 4 is 23.1 Å². The number of likely N-dealkylation sites (tertiary alicyclic amines) is 1. The number of ketones is 1. The minimum absolute atomic E-state index is 0.156. The Bertz CT molecular complexity index is 1470. The standard InChI is InChI=1S/C29H25F3N2O5/c1-33-12-13-39-23-11-8-19(15-22(23)33)26(35)24-25(18-6-9-21(38-2)10-7-18)34(28(37)27(24)36)16-17-4-3-5-20(14-17)29(30,31)32/h3-11,14-15,25,35H,12-13,16H2,1-2H3/b26-24-. The van der Waals surface area contributed by atoms with Gasteiger partial charge in [-0.25, -0.2) is 0 Å². The van der Waals surface area contributed by atoms with Crippen LogP contribution in [0.5, 0.6) is 11.5 Å². The molecule has 0 saturated carbocycles. The second-order valence-corrected chi connectivity index (χ2v) is 9.35. The number of hydrogen-bond donors (Lipinski definition) is 1. The van der Waals surface area contributed by atoms with Crippen molar-refractivity contribution in [3.8, 4) is 11.5 Å². The van der Waals surface area contributed by atoms with Crippen LogP contribution < -0.4 is 14.4 Å². The molecule has 3 aromatic rings. The molecule has 1 N–H and O–H groups in total. The summed E-state index contributed by atoms with van der Waals surface area (Å²) in [7, 11) is 3.36.